The molecule has 7 heteroatoms. The molecule has 1 saturated heterocycles. The van der Waals surface area contributed by atoms with Gasteiger partial charge in [-0.2, -0.15) is 0 Å². The average molecular weight is 347 g/mol. The van der Waals surface area contributed by atoms with Crippen molar-refractivity contribution in [1.82, 2.24) is 9.88 Å². The van der Waals surface area contributed by atoms with E-state index >= 15 is 0 Å². The number of hydrogen-bond acceptors (Lipinski definition) is 6. The average Bonchev–Trinajstić information content (AvgIpc) is 3.06. The quantitative estimate of drug-likeness (QED) is 0.850. The number of amides is 1. The highest BCUT2D eigenvalue weighted by atomic mass is 32.1. The summed E-state index contributed by atoms with van der Waals surface area (Å²) in [6, 6.07) is 5.38. The summed E-state index contributed by atoms with van der Waals surface area (Å²) in [4.78, 5) is 21.5. The van der Waals surface area contributed by atoms with E-state index in [4.69, 9.17) is 9.47 Å². The van der Waals surface area contributed by atoms with Crippen molar-refractivity contribution in [2.24, 2.45) is 0 Å². The van der Waals surface area contributed by atoms with Crippen LogP contribution in [0, 0.1) is 6.92 Å². The molecule has 0 saturated carbocycles. The van der Waals surface area contributed by atoms with Crippen molar-refractivity contribution < 1.29 is 14.3 Å². The lowest BCUT2D eigenvalue weighted by Gasteiger charge is -2.35. The van der Waals surface area contributed by atoms with Gasteiger partial charge in [0.2, 0.25) is 0 Å². The summed E-state index contributed by atoms with van der Waals surface area (Å²) in [6.07, 6.45) is 0. The van der Waals surface area contributed by atoms with Crippen molar-refractivity contribution in [2.75, 3.05) is 45.3 Å². The number of carbonyl (C=O) groups excluding carboxylic acids is 1. The molecular formula is C17H21N3O3S. The highest BCUT2D eigenvalue weighted by Gasteiger charge is 2.27. The van der Waals surface area contributed by atoms with Gasteiger partial charge in [0, 0.05) is 31.6 Å². The number of thiazole rings is 1. The van der Waals surface area contributed by atoms with Crippen LogP contribution in [-0.2, 0) is 0 Å². The highest BCUT2D eigenvalue weighted by molar-refractivity contribution is 7.13. The van der Waals surface area contributed by atoms with Crippen LogP contribution in [0.3, 0.4) is 0 Å². The number of anilines is 1. The maximum Gasteiger partial charge on any atom is 0.261 e. The third kappa shape index (κ3) is 3.17. The number of aryl methyl sites for hydroxylation is 1. The standard InChI is InChI=1S/C17H21N3O3S/c1-12-11-24-17(18-12)20-9-7-19(8-10-20)16(21)15-13(22-2)5-4-6-14(15)23-3/h4-6,11H,7-10H2,1-3H3. The lowest BCUT2D eigenvalue weighted by molar-refractivity contribution is 0.0739. The van der Waals surface area contributed by atoms with Crippen LogP contribution in [0.5, 0.6) is 11.5 Å². The minimum Gasteiger partial charge on any atom is -0.496 e. The molecule has 128 valence electrons. The molecule has 0 bridgehead atoms. The fourth-order valence-electron chi connectivity index (χ4n) is 2.81. The molecule has 6 nitrogen and oxygen atoms in total. The zero-order valence-corrected chi connectivity index (χ0v) is 14.9. The number of piperazine rings is 1. The Balaban J connectivity index is 1.74. The van der Waals surface area contributed by atoms with E-state index in [9.17, 15) is 4.79 Å². The van der Waals surface area contributed by atoms with Crippen LogP contribution in [0.25, 0.3) is 0 Å². The molecule has 1 fully saturated rings. The van der Waals surface area contributed by atoms with Gasteiger partial charge in [-0.3, -0.25) is 4.79 Å². The number of carbonyl (C=O) groups is 1. The first kappa shape index (κ1) is 16.6. The zero-order valence-electron chi connectivity index (χ0n) is 14.1. The molecular weight excluding hydrogens is 326 g/mol. The van der Waals surface area contributed by atoms with Crippen molar-refractivity contribution in [2.45, 2.75) is 6.92 Å². The molecule has 1 aromatic carbocycles. The third-order valence-electron chi connectivity index (χ3n) is 4.09. The SMILES string of the molecule is COc1cccc(OC)c1C(=O)N1CCN(c2nc(C)cs2)CC1. The Morgan fingerprint density at radius 2 is 1.75 bits per heavy atom. The van der Waals surface area contributed by atoms with Crippen molar-refractivity contribution in [3.05, 3.63) is 34.8 Å². The zero-order chi connectivity index (χ0) is 17.1. The largest absolute Gasteiger partial charge is 0.496 e. The molecule has 1 aromatic heterocycles. The normalized spacial score (nSPS) is 14.6. The maximum absolute atomic E-state index is 12.9. The highest BCUT2D eigenvalue weighted by Crippen LogP contribution is 2.30. The summed E-state index contributed by atoms with van der Waals surface area (Å²) in [7, 11) is 3.13. The van der Waals surface area contributed by atoms with E-state index in [0.29, 0.717) is 30.2 Å². The number of benzene rings is 1. The molecule has 0 aliphatic carbocycles. The maximum atomic E-state index is 12.9. The Morgan fingerprint density at radius 3 is 2.25 bits per heavy atom. The van der Waals surface area contributed by atoms with Gasteiger partial charge in [0.1, 0.15) is 17.1 Å². The van der Waals surface area contributed by atoms with E-state index in [-0.39, 0.29) is 5.91 Å². The molecule has 1 aliphatic rings. The van der Waals surface area contributed by atoms with Gasteiger partial charge < -0.3 is 19.3 Å². The third-order valence-corrected chi connectivity index (χ3v) is 5.11. The van der Waals surface area contributed by atoms with Crippen LogP contribution >= 0.6 is 11.3 Å². The smallest absolute Gasteiger partial charge is 0.261 e. The minimum absolute atomic E-state index is 0.0562. The van der Waals surface area contributed by atoms with Crippen molar-refractivity contribution >= 4 is 22.4 Å². The van der Waals surface area contributed by atoms with Crippen molar-refractivity contribution in [3.8, 4) is 11.5 Å². The molecule has 24 heavy (non-hydrogen) atoms. The fraction of sp³-hybridized carbons (Fsp3) is 0.412. The number of nitrogens with zero attached hydrogens (tertiary/aromatic N) is 3. The summed E-state index contributed by atoms with van der Waals surface area (Å²) in [5.41, 5.74) is 1.52. The first-order valence-electron chi connectivity index (χ1n) is 7.81. The van der Waals surface area contributed by atoms with Gasteiger partial charge in [0.05, 0.1) is 19.9 Å². The summed E-state index contributed by atoms with van der Waals surface area (Å²) < 4.78 is 10.7. The second-order valence-corrected chi connectivity index (χ2v) is 6.42. The van der Waals surface area contributed by atoms with Gasteiger partial charge in [-0.25, -0.2) is 4.98 Å². The Kier molecular flexibility index (Phi) is 4.89. The number of methoxy groups -OCH3 is 2. The topological polar surface area (TPSA) is 54.9 Å². The van der Waals surface area contributed by atoms with Crippen molar-refractivity contribution in [3.63, 3.8) is 0 Å². The van der Waals surface area contributed by atoms with E-state index in [1.54, 1.807) is 37.7 Å². The van der Waals surface area contributed by atoms with Crippen molar-refractivity contribution in [1.29, 1.82) is 0 Å². The van der Waals surface area contributed by atoms with E-state index in [2.05, 4.69) is 9.88 Å². The first-order chi connectivity index (χ1) is 11.6. The lowest BCUT2D eigenvalue weighted by atomic mass is 10.1. The number of hydrogen-bond donors (Lipinski definition) is 0. The molecule has 3 rings (SSSR count). The molecule has 0 atom stereocenters. The van der Waals surface area contributed by atoms with Gasteiger partial charge in [0.25, 0.3) is 5.91 Å². The second kappa shape index (κ2) is 7.09. The van der Waals surface area contributed by atoms with Gasteiger partial charge in [-0.1, -0.05) is 6.07 Å². The fourth-order valence-corrected chi connectivity index (χ4v) is 3.66. The van der Waals surface area contributed by atoms with E-state index in [1.165, 1.54) is 0 Å². The summed E-state index contributed by atoms with van der Waals surface area (Å²) in [5.74, 6) is 1.02. The monoisotopic (exact) mass is 347 g/mol. The number of rotatable bonds is 4. The Labute approximate surface area is 145 Å². The molecule has 1 amide bonds. The molecule has 2 aromatic rings. The number of ether oxygens (including phenoxy) is 2. The van der Waals surface area contributed by atoms with Crippen LogP contribution in [-0.4, -0.2) is 56.2 Å². The predicted molar refractivity (Wildman–Crippen MR) is 94.5 cm³/mol. The summed E-state index contributed by atoms with van der Waals surface area (Å²) in [5, 5.41) is 3.07. The summed E-state index contributed by atoms with van der Waals surface area (Å²) >= 11 is 1.65. The lowest BCUT2D eigenvalue weighted by Crippen LogP contribution is -2.48. The van der Waals surface area contributed by atoms with Crippen LogP contribution in [0.4, 0.5) is 5.13 Å². The van der Waals surface area contributed by atoms with Gasteiger partial charge in [0.15, 0.2) is 5.13 Å². The van der Waals surface area contributed by atoms with Crippen LogP contribution in [0.2, 0.25) is 0 Å². The van der Waals surface area contributed by atoms with Crippen LogP contribution in [0.15, 0.2) is 23.6 Å². The van der Waals surface area contributed by atoms with Gasteiger partial charge in [-0.05, 0) is 19.1 Å². The second-order valence-electron chi connectivity index (χ2n) is 5.59. The number of aromatic nitrogens is 1. The minimum atomic E-state index is -0.0562. The molecule has 0 N–H and O–H groups in total. The Bertz CT molecular complexity index is 701. The van der Waals surface area contributed by atoms with Gasteiger partial charge >= 0.3 is 0 Å². The first-order valence-corrected chi connectivity index (χ1v) is 8.69. The predicted octanol–water partition coefficient (Wildman–Crippen LogP) is 2.43. The molecule has 0 unspecified atom stereocenters. The molecule has 2 heterocycles. The van der Waals surface area contributed by atoms with Crippen LogP contribution in [0.1, 0.15) is 16.1 Å². The Hall–Kier alpha value is -2.28. The Morgan fingerprint density at radius 1 is 1.12 bits per heavy atom. The van der Waals surface area contributed by atoms with E-state index in [0.717, 1.165) is 23.9 Å². The molecule has 1 aliphatic heterocycles. The van der Waals surface area contributed by atoms with E-state index in [1.807, 2.05) is 23.3 Å². The van der Waals surface area contributed by atoms with E-state index < -0.39 is 0 Å². The molecule has 0 spiro atoms. The van der Waals surface area contributed by atoms with Crippen LogP contribution < -0.4 is 14.4 Å². The summed E-state index contributed by atoms with van der Waals surface area (Å²) in [6.45, 7) is 4.84. The van der Waals surface area contributed by atoms with Gasteiger partial charge in [-0.15, -0.1) is 11.3 Å². The molecule has 0 radical (unpaired) electrons.